The maximum absolute atomic E-state index is 5.83. The molecule has 0 aliphatic carbocycles. The molecule has 2 aromatic rings. The number of nitrogens with zero attached hydrogens (tertiary/aromatic N) is 2. The molecule has 18 heavy (non-hydrogen) atoms. The van der Waals surface area contributed by atoms with Crippen LogP contribution in [0.5, 0.6) is 11.6 Å². The summed E-state index contributed by atoms with van der Waals surface area (Å²) in [7, 11) is 0. The summed E-state index contributed by atoms with van der Waals surface area (Å²) in [6.07, 6.45) is 0.829. The average molecular weight is 264 g/mol. The van der Waals surface area contributed by atoms with Crippen LogP contribution in [0.15, 0.2) is 24.3 Å². The molecule has 0 amide bonds. The van der Waals surface area contributed by atoms with Crippen LogP contribution in [0.3, 0.4) is 0 Å². The topological polar surface area (TPSA) is 61.0 Å². The van der Waals surface area contributed by atoms with Crippen molar-refractivity contribution < 1.29 is 4.74 Å². The molecule has 2 N–H and O–H groups in total. The zero-order chi connectivity index (χ0) is 13.1. The van der Waals surface area contributed by atoms with Gasteiger partial charge in [0.25, 0.3) is 0 Å². The second-order valence-corrected chi connectivity index (χ2v) is 4.32. The average Bonchev–Trinajstić information content (AvgIpc) is 2.32. The summed E-state index contributed by atoms with van der Waals surface area (Å²) in [6.45, 7) is 3.86. The number of halogens is 1. The van der Waals surface area contributed by atoms with E-state index >= 15 is 0 Å². The number of nitrogen functional groups attached to an aromatic ring is 1. The molecule has 1 heterocycles. The Balaban J connectivity index is 2.30. The maximum atomic E-state index is 5.83. The zero-order valence-electron chi connectivity index (χ0n) is 10.3. The van der Waals surface area contributed by atoms with Gasteiger partial charge in [-0.15, -0.1) is 0 Å². The summed E-state index contributed by atoms with van der Waals surface area (Å²) in [6, 6.07) is 6.90. The Bertz CT molecular complexity index is 572. The molecule has 0 saturated heterocycles. The van der Waals surface area contributed by atoms with E-state index in [0.29, 0.717) is 28.2 Å². The minimum Gasteiger partial charge on any atom is -0.437 e. The lowest BCUT2D eigenvalue weighted by atomic mass is 10.3. The van der Waals surface area contributed by atoms with Crippen LogP contribution in [-0.2, 0) is 6.42 Å². The Kier molecular flexibility index (Phi) is 3.67. The number of nitrogens with two attached hydrogens (primary N) is 1. The van der Waals surface area contributed by atoms with Crippen LogP contribution in [0.2, 0.25) is 5.02 Å². The number of aromatic nitrogens is 2. The van der Waals surface area contributed by atoms with Crippen LogP contribution in [0.1, 0.15) is 18.4 Å². The van der Waals surface area contributed by atoms with Crippen molar-refractivity contribution in [3.63, 3.8) is 0 Å². The quantitative estimate of drug-likeness (QED) is 0.863. The fraction of sp³-hybridized carbons (Fsp3) is 0.231. The minimum absolute atomic E-state index is 0.483. The summed E-state index contributed by atoms with van der Waals surface area (Å²) >= 11 is 5.83. The fourth-order valence-corrected chi connectivity index (χ4v) is 1.74. The van der Waals surface area contributed by atoms with Crippen LogP contribution in [0.4, 0.5) is 5.69 Å². The highest BCUT2D eigenvalue weighted by atomic mass is 35.5. The Hall–Kier alpha value is -1.81. The maximum Gasteiger partial charge on any atom is 0.222 e. The van der Waals surface area contributed by atoms with E-state index in [1.54, 1.807) is 24.3 Å². The molecule has 0 saturated carbocycles. The molecule has 1 aromatic heterocycles. The van der Waals surface area contributed by atoms with Crippen molar-refractivity contribution in [2.75, 3.05) is 5.73 Å². The van der Waals surface area contributed by atoms with Gasteiger partial charge in [0.15, 0.2) is 5.75 Å². The third kappa shape index (κ3) is 2.90. The summed E-state index contributed by atoms with van der Waals surface area (Å²) in [5.41, 5.74) is 7.24. The minimum atomic E-state index is 0.483. The van der Waals surface area contributed by atoms with E-state index in [4.69, 9.17) is 22.1 Å². The Morgan fingerprint density at radius 1 is 1.28 bits per heavy atom. The number of ether oxygens (including phenoxy) is 1. The molecule has 0 unspecified atom stereocenters. The van der Waals surface area contributed by atoms with Crippen molar-refractivity contribution >= 4 is 17.3 Å². The molecule has 0 fully saturated rings. The molecule has 1 aromatic carbocycles. The number of hydrogen-bond acceptors (Lipinski definition) is 4. The standard InChI is InChI=1S/C13H14ClN3O/c1-3-10-7-13(17-8(2)16-10)18-12-5-4-9(14)6-11(12)15/h4-7H,3,15H2,1-2H3. The summed E-state index contributed by atoms with van der Waals surface area (Å²) in [5, 5.41) is 0.577. The van der Waals surface area contributed by atoms with Gasteiger partial charge in [-0.3, -0.25) is 0 Å². The second kappa shape index (κ2) is 5.23. The van der Waals surface area contributed by atoms with E-state index in [9.17, 15) is 0 Å². The zero-order valence-corrected chi connectivity index (χ0v) is 11.0. The van der Waals surface area contributed by atoms with Crippen LogP contribution in [-0.4, -0.2) is 9.97 Å². The van der Waals surface area contributed by atoms with Crippen LogP contribution in [0, 0.1) is 6.92 Å². The van der Waals surface area contributed by atoms with Gasteiger partial charge in [-0.05, 0) is 31.5 Å². The van der Waals surface area contributed by atoms with Crippen molar-refractivity contribution in [2.24, 2.45) is 0 Å². The summed E-state index contributed by atoms with van der Waals surface area (Å²) in [5.74, 6) is 1.71. The largest absolute Gasteiger partial charge is 0.437 e. The first-order chi connectivity index (χ1) is 8.58. The van der Waals surface area contributed by atoms with Gasteiger partial charge in [-0.1, -0.05) is 18.5 Å². The molecule has 0 radical (unpaired) electrons. The van der Waals surface area contributed by atoms with Crippen LogP contribution in [0.25, 0.3) is 0 Å². The monoisotopic (exact) mass is 263 g/mol. The van der Waals surface area contributed by atoms with Crippen molar-refractivity contribution in [3.8, 4) is 11.6 Å². The Labute approximate surface area is 111 Å². The molecule has 94 valence electrons. The lowest BCUT2D eigenvalue weighted by Gasteiger charge is -2.09. The third-order valence-corrected chi connectivity index (χ3v) is 2.65. The Morgan fingerprint density at radius 2 is 2.06 bits per heavy atom. The van der Waals surface area contributed by atoms with Crippen molar-refractivity contribution in [3.05, 3.63) is 40.8 Å². The van der Waals surface area contributed by atoms with Crippen LogP contribution >= 0.6 is 11.6 Å². The van der Waals surface area contributed by atoms with Gasteiger partial charge < -0.3 is 10.5 Å². The number of hydrogen-bond donors (Lipinski definition) is 1. The SMILES string of the molecule is CCc1cc(Oc2ccc(Cl)cc2N)nc(C)n1. The number of anilines is 1. The lowest BCUT2D eigenvalue weighted by Crippen LogP contribution is -1.98. The molecule has 0 spiro atoms. The van der Waals surface area contributed by atoms with Gasteiger partial charge in [0.1, 0.15) is 5.82 Å². The third-order valence-electron chi connectivity index (χ3n) is 2.42. The first-order valence-electron chi connectivity index (χ1n) is 5.66. The smallest absolute Gasteiger partial charge is 0.222 e. The molecule has 0 aliphatic heterocycles. The number of rotatable bonds is 3. The summed E-state index contributed by atoms with van der Waals surface area (Å²) in [4.78, 5) is 8.51. The van der Waals surface area contributed by atoms with Gasteiger partial charge in [0.05, 0.1) is 5.69 Å². The fourth-order valence-electron chi connectivity index (χ4n) is 1.56. The van der Waals surface area contributed by atoms with Gasteiger partial charge in [-0.2, -0.15) is 4.98 Å². The Morgan fingerprint density at radius 3 is 2.72 bits per heavy atom. The van der Waals surface area contributed by atoms with E-state index in [1.807, 2.05) is 13.8 Å². The van der Waals surface area contributed by atoms with E-state index < -0.39 is 0 Å². The number of aryl methyl sites for hydroxylation is 2. The van der Waals surface area contributed by atoms with Gasteiger partial charge in [-0.25, -0.2) is 4.98 Å². The molecule has 4 nitrogen and oxygen atoms in total. The van der Waals surface area contributed by atoms with Gasteiger partial charge >= 0.3 is 0 Å². The second-order valence-electron chi connectivity index (χ2n) is 3.88. The highest BCUT2D eigenvalue weighted by Crippen LogP contribution is 2.29. The first-order valence-corrected chi connectivity index (χ1v) is 6.03. The predicted molar refractivity (Wildman–Crippen MR) is 72.1 cm³/mol. The highest BCUT2D eigenvalue weighted by Gasteiger charge is 2.06. The van der Waals surface area contributed by atoms with E-state index in [1.165, 1.54) is 0 Å². The van der Waals surface area contributed by atoms with Gasteiger partial charge in [0.2, 0.25) is 5.88 Å². The van der Waals surface area contributed by atoms with Crippen molar-refractivity contribution in [1.29, 1.82) is 0 Å². The summed E-state index contributed by atoms with van der Waals surface area (Å²) < 4.78 is 5.65. The first kappa shape index (κ1) is 12.6. The van der Waals surface area contributed by atoms with E-state index in [-0.39, 0.29) is 0 Å². The van der Waals surface area contributed by atoms with Crippen molar-refractivity contribution in [2.45, 2.75) is 20.3 Å². The van der Waals surface area contributed by atoms with E-state index in [0.717, 1.165) is 12.1 Å². The molecule has 2 rings (SSSR count). The predicted octanol–water partition coefficient (Wildman–Crippen LogP) is 3.38. The molecule has 0 bridgehead atoms. The molecule has 0 atom stereocenters. The number of benzene rings is 1. The normalized spacial score (nSPS) is 10.4. The van der Waals surface area contributed by atoms with Crippen LogP contribution < -0.4 is 10.5 Å². The van der Waals surface area contributed by atoms with Gasteiger partial charge in [0, 0.05) is 16.8 Å². The lowest BCUT2D eigenvalue weighted by molar-refractivity contribution is 0.460. The molecule has 0 aliphatic rings. The highest BCUT2D eigenvalue weighted by molar-refractivity contribution is 6.30. The molecule has 5 heteroatoms. The molecular weight excluding hydrogens is 250 g/mol. The van der Waals surface area contributed by atoms with Crippen molar-refractivity contribution in [1.82, 2.24) is 9.97 Å². The van der Waals surface area contributed by atoms with E-state index in [2.05, 4.69) is 9.97 Å². The molecular formula is C13H14ClN3O.